The summed E-state index contributed by atoms with van der Waals surface area (Å²) in [5.41, 5.74) is 6.93. The number of rotatable bonds is 5. The van der Waals surface area contributed by atoms with Crippen LogP contribution in [0.4, 0.5) is 74.2 Å². The van der Waals surface area contributed by atoms with E-state index in [-0.39, 0.29) is 11.8 Å². The summed E-state index contributed by atoms with van der Waals surface area (Å²) in [6.07, 6.45) is -8.51. The van der Waals surface area contributed by atoms with Crippen LogP contribution in [0.5, 0.6) is 0 Å². The first kappa shape index (κ1) is 47.3. The molecule has 0 spiro atoms. The van der Waals surface area contributed by atoms with Crippen LogP contribution in [0, 0.1) is 31.1 Å². The number of amides is 1. The number of nitriles is 1. The summed E-state index contributed by atoms with van der Waals surface area (Å²) in [7, 11) is 0. The minimum absolute atomic E-state index is 0.00286. The van der Waals surface area contributed by atoms with Gasteiger partial charge < -0.3 is 20.9 Å². The molecule has 0 unspecified atom stereocenters. The highest BCUT2D eigenvalue weighted by molar-refractivity contribution is 6.41. The van der Waals surface area contributed by atoms with E-state index < -0.39 is 36.4 Å². The van der Waals surface area contributed by atoms with Gasteiger partial charge >= 0.3 is 30.1 Å². The molecule has 13 nitrogen and oxygen atoms in total. The zero-order valence-corrected chi connectivity index (χ0v) is 32.6. The largest absolute Gasteiger partial charge is 0.458 e. The van der Waals surface area contributed by atoms with Gasteiger partial charge in [0, 0.05) is 42.8 Å². The van der Waals surface area contributed by atoms with Crippen molar-refractivity contribution in [2.24, 2.45) is 5.92 Å². The topological polar surface area (TPSA) is 183 Å². The number of carbonyl (C=O) groups is 4. The maximum Gasteiger partial charge on any atom is 0.458 e. The molecule has 2 aliphatic heterocycles. The zero-order chi connectivity index (χ0) is 45.3. The van der Waals surface area contributed by atoms with Crippen LogP contribution in [0.15, 0.2) is 48.9 Å². The normalized spacial score (nSPS) is 14.0. The van der Waals surface area contributed by atoms with Crippen LogP contribution in [-0.2, 0) is 32.0 Å². The molecule has 6 rings (SSSR count). The van der Waals surface area contributed by atoms with E-state index in [4.69, 9.17) is 16.4 Å². The van der Waals surface area contributed by atoms with Crippen molar-refractivity contribution in [1.82, 2.24) is 19.9 Å². The molecule has 6 bridgehead atoms. The number of fused-ring (bicyclic) bond motifs is 6. The molecule has 1 aromatic carbocycles. The quantitative estimate of drug-likeness (QED) is 0.0993. The molecule has 4 aromatic rings. The zero-order valence-electron chi connectivity index (χ0n) is 31.8. The second-order valence-corrected chi connectivity index (χ2v) is 13.9. The van der Waals surface area contributed by atoms with Crippen molar-refractivity contribution >= 4 is 70.0 Å². The van der Waals surface area contributed by atoms with Crippen LogP contribution >= 0.6 is 11.6 Å². The Hall–Kier alpha value is -6.37. The minimum Gasteiger partial charge on any atom is -0.355 e. The first-order valence-corrected chi connectivity index (χ1v) is 18.2. The molecular weight excluding hydrogens is 853 g/mol. The predicted molar refractivity (Wildman–Crippen MR) is 203 cm³/mol. The molecule has 3 N–H and O–H groups in total. The number of alkyl halides is 9. The average Bonchev–Trinajstić information content (AvgIpc) is 3.18. The van der Waals surface area contributed by atoms with Crippen LogP contribution in [-0.4, -0.2) is 75.3 Å². The van der Waals surface area contributed by atoms with Crippen LogP contribution in [0.1, 0.15) is 47.2 Å². The minimum atomic E-state index is -5.77. The van der Waals surface area contributed by atoms with E-state index in [1.165, 1.54) is 0 Å². The third-order valence-electron chi connectivity index (χ3n) is 8.80. The third kappa shape index (κ3) is 13.8. The van der Waals surface area contributed by atoms with Gasteiger partial charge in [0.25, 0.3) is 0 Å². The smallest absolute Gasteiger partial charge is 0.355 e. The summed E-state index contributed by atoms with van der Waals surface area (Å²) < 4.78 is 98.2. The Morgan fingerprint density at radius 1 is 0.902 bits per heavy atom. The number of nitrogens with zero attached hydrogens (tertiary/aromatic N) is 6. The number of Topliss-reactive ketones (excluding diaryl/α,β-unsaturated/α-hetero) is 2. The van der Waals surface area contributed by atoms with Crippen molar-refractivity contribution in [2.45, 2.75) is 64.5 Å². The molecule has 1 amide bonds. The van der Waals surface area contributed by atoms with Gasteiger partial charge in [-0.05, 0) is 92.5 Å². The van der Waals surface area contributed by atoms with Crippen LogP contribution in [0.3, 0.4) is 0 Å². The van der Waals surface area contributed by atoms with Gasteiger partial charge in [0.2, 0.25) is 18.1 Å². The number of aldehydes is 1. The van der Waals surface area contributed by atoms with Gasteiger partial charge in [-0.3, -0.25) is 24.2 Å². The van der Waals surface area contributed by atoms with E-state index in [1.54, 1.807) is 12.4 Å². The van der Waals surface area contributed by atoms with Gasteiger partial charge in [0.1, 0.15) is 16.9 Å². The van der Waals surface area contributed by atoms with Gasteiger partial charge in [0.15, 0.2) is 5.82 Å². The number of aryl methyl sites for hydroxylation is 4. The second kappa shape index (κ2) is 19.8. The van der Waals surface area contributed by atoms with Gasteiger partial charge in [-0.2, -0.15) is 49.8 Å². The van der Waals surface area contributed by atoms with Crippen molar-refractivity contribution in [1.29, 1.82) is 5.26 Å². The van der Waals surface area contributed by atoms with Gasteiger partial charge in [-0.25, -0.2) is 9.97 Å². The first-order chi connectivity index (χ1) is 28.5. The standard InChI is InChI=1S/C32H32ClN9O.C4F6O2.C2HF3O/c1-19-11-20(2)37-31(26(19)15-34)42-9-7-21(8-10-42)13-29(43)40-28-6-5-24-14-23(28)4-3-22-12-25(17-35-16-22)39-32-36-18-27(33)30(38-24)41-32;5-3(6,7)1(11)2(12)4(8,9)10;3-2(4,5)1-6/h5-6,11-12,14,16-18,21H,3-4,7-10,13H2,1-2H3,(H,40,43)(H2,36,38,39,41);;1H. The van der Waals surface area contributed by atoms with Crippen LogP contribution in [0.25, 0.3) is 0 Å². The number of carbonyl (C=O) groups excluding carboxylic acids is 4. The number of ketones is 2. The highest BCUT2D eigenvalue weighted by atomic mass is 35.5. The summed E-state index contributed by atoms with van der Waals surface area (Å²) in [5.74, 6) is -4.91. The number of aromatic nitrogens is 4. The SMILES string of the molecule is Cc1cc(C)c(C#N)c(N2CCC(CC(=O)Nc3ccc4cc3CCc3cncc(c3)Nc3ncc(Cl)c(n3)N4)CC2)n1.O=C(C(=O)C(F)(F)F)C(F)(F)F.O=CC(F)(F)F. The molecule has 0 saturated carbocycles. The maximum atomic E-state index is 13.3. The first-order valence-electron chi connectivity index (χ1n) is 17.8. The number of pyridine rings is 2. The second-order valence-electron chi connectivity index (χ2n) is 13.5. The van der Waals surface area contributed by atoms with E-state index in [1.807, 2.05) is 50.4 Å². The number of hydrogen-bond acceptors (Lipinski definition) is 12. The molecule has 23 heteroatoms. The number of nitrogens with one attached hydrogen (secondary N) is 3. The number of anilines is 6. The van der Waals surface area contributed by atoms with E-state index in [2.05, 4.69) is 46.9 Å². The van der Waals surface area contributed by atoms with E-state index in [0.29, 0.717) is 35.2 Å². The Morgan fingerprint density at radius 2 is 1.54 bits per heavy atom. The fourth-order valence-corrected chi connectivity index (χ4v) is 6.14. The number of halogens is 10. The van der Waals surface area contributed by atoms with Crippen molar-refractivity contribution in [3.63, 3.8) is 0 Å². The Kier molecular flexibility index (Phi) is 15.4. The highest BCUT2D eigenvalue weighted by Gasteiger charge is 2.54. The molecule has 3 aromatic heterocycles. The Morgan fingerprint density at radius 3 is 2.13 bits per heavy atom. The van der Waals surface area contributed by atoms with Crippen LogP contribution in [0.2, 0.25) is 5.02 Å². The molecule has 0 atom stereocenters. The Balaban J connectivity index is 0.000000382. The fourth-order valence-electron chi connectivity index (χ4n) is 6.01. The van der Waals surface area contributed by atoms with E-state index in [9.17, 15) is 59.2 Å². The van der Waals surface area contributed by atoms with Crippen molar-refractivity contribution in [3.8, 4) is 6.07 Å². The van der Waals surface area contributed by atoms with Crippen LogP contribution < -0.4 is 20.9 Å². The number of hydrogen-bond donors (Lipinski definition) is 3. The molecule has 61 heavy (non-hydrogen) atoms. The molecule has 2 aliphatic rings. The monoisotopic (exact) mass is 885 g/mol. The summed E-state index contributed by atoms with van der Waals surface area (Å²) >= 11 is 6.39. The fraction of sp³-hybridized carbons (Fsp3) is 0.342. The molecule has 1 saturated heterocycles. The summed E-state index contributed by atoms with van der Waals surface area (Å²) in [5, 5.41) is 19.8. The molecule has 0 aliphatic carbocycles. The lowest BCUT2D eigenvalue weighted by molar-refractivity contribution is -0.193. The predicted octanol–water partition coefficient (Wildman–Crippen LogP) is 8.24. The average molecular weight is 886 g/mol. The lowest BCUT2D eigenvalue weighted by Crippen LogP contribution is -2.39. The van der Waals surface area contributed by atoms with E-state index in [0.717, 1.165) is 77.6 Å². The molecular formula is C38H33ClF9N9O4. The summed E-state index contributed by atoms with van der Waals surface area (Å²) in [6, 6.07) is 12.2. The summed E-state index contributed by atoms with van der Waals surface area (Å²) in [6.45, 7) is 5.44. The van der Waals surface area contributed by atoms with Gasteiger partial charge in [0.05, 0.1) is 23.6 Å². The van der Waals surface area contributed by atoms with Gasteiger partial charge in [-0.15, -0.1) is 0 Å². The maximum absolute atomic E-state index is 13.3. The molecule has 0 radical (unpaired) electrons. The Bertz CT molecular complexity index is 2280. The molecule has 1 fully saturated rings. The van der Waals surface area contributed by atoms with E-state index >= 15 is 0 Å². The summed E-state index contributed by atoms with van der Waals surface area (Å²) in [4.78, 5) is 61.2. The van der Waals surface area contributed by atoms with Crippen molar-refractivity contribution < 1.29 is 58.7 Å². The number of benzene rings is 1. The lowest BCUT2D eigenvalue weighted by Gasteiger charge is -2.33. The molecule has 324 valence electrons. The highest BCUT2D eigenvalue weighted by Crippen LogP contribution is 2.32. The third-order valence-corrected chi connectivity index (χ3v) is 9.08. The Labute approximate surface area is 345 Å². The number of piperidine rings is 1. The van der Waals surface area contributed by atoms with Crippen molar-refractivity contribution in [2.75, 3.05) is 33.9 Å². The van der Waals surface area contributed by atoms with Gasteiger partial charge in [-0.1, -0.05) is 11.6 Å². The van der Waals surface area contributed by atoms with Crippen molar-refractivity contribution in [3.05, 3.63) is 81.9 Å². The molecule has 5 heterocycles. The lowest BCUT2D eigenvalue weighted by atomic mass is 9.92.